The summed E-state index contributed by atoms with van der Waals surface area (Å²) in [6.45, 7) is 8.22. The van der Waals surface area contributed by atoms with Gasteiger partial charge in [0.15, 0.2) is 0 Å². The highest BCUT2D eigenvalue weighted by atomic mass is 16.5. The molecule has 4 rings (SSSR count). The first-order valence-electron chi connectivity index (χ1n) is 12.0. The van der Waals surface area contributed by atoms with Crippen molar-refractivity contribution in [2.24, 2.45) is 5.41 Å². The molecule has 6 heteroatoms. The third kappa shape index (κ3) is 4.77. The van der Waals surface area contributed by atoms with Crippen LogP contribution in [0, 0.1) is 37.5 Å². The number of nitrogens with zero attached hydrogens (tertiary/aromatic N) is 3. The molecule has 0 atom stereocenters. The van der Waals surface area contributed by atoms with Crippen molar-refractivity contribution in [2.45, 2.75) is 58.8 Å². The number of aromatic nitrogens is 1. The number of hydrogen-bond acceptors (Lipinski definition) is 6. The fourth-order valence-corrected chi connectivity index (χ4v) is 4.65. The van der Waals surface area contributed by atoms with Crippen LogP contribution >= 0.6 is 0 Å². The number of nitriles is 1. The van der Waals surface area contributed by atoms with E-state index in [1.165, 1.54) is 0 Å². The second-order valence-corrected chi connectivity index (χ2v) is 9.94. The Balaban J connectivity index is 1.72. The molecule has 6 nitrogen and oxygen atoms in total. The highest BCUT2D eigenvalue weighted by molar-refractivity contribution is 5.83. The van der Waals surface area contributed by atoms with Crippen molar-refractivity contribution in [3.05, 3.63) is 65.0 Å². The summed E-state index contributed by atoms with van der Waals surface area (Å²) in [5, 5.41) is 13.7. The summed E-state index contributed by atoms with van der Waals surface area (Å²) in [7, 11) is 0. The zero-order valence-corrected chi connectivity index (χ0v) is 20.8. The van der Waals surface area contributed by atoms with Crippen molar-refractivity contribution in [3.8, 4) is 17.2 Å². The third-order valence-corrected chi connectivity index (χ3v) is 7.15. The Morgan fingerprint density at radius 3 is 2.34 bits per heavy atom. The van der Waals surface area contributed by atoms with Crippen molar-refractivity contribution in [1.29, 1.82) is 5.26 Å². The van der Waals surface area contributed by atoms with E-state index in [9.17, 15) is 14.9 Å². The molecule has 0 saturated heterocycles. The van der Waals surface area contributed by atoms with Crippen LogP contribution in [0.4, 0.5) is 11.4 Å². The standard InChI is InChI=1S/C29H31N3O3/c1-20-6-7-23(27-21(2)31-35-22(27)3)16-26(20)32(15-5-12-28(4,18-33)19-34)25-10-8-24(9-11-25)29(17-30)13-14-29/h6-11,16,18-19H,5,12-15H2,1-4H3. The van der Waals surface area contributed by atoms with E-state index in [1.54, 1.807) is 6.92 Å². The molecule has 0 radical (unpaired) electrons. The molecule has 1 aromatic heterocycles. The first kappa shape index (κ1) is 24.4. The molecular weight excluding hydrogens is 438 g/mol. The van der Waals surface area contributed by atoms with Crippen molar-refractivity contribution in [1.82, 2.24) is 5.16 Å². The van der Waals surface area contributed by atoms with Gasteiger partial charge >= 0.3 is 0 Å². The Hall–Kier alpha value is -3.72. The fraction of sp³-hybridized carbons (Fsp3) is 0.379. The van der Waals surface area contributed by atoms with Gasteiger partial charge in [-0.1, -0.05) is 29.4 Å². The Kier molecular flexibility index (Phi) is 6.62. The van der Waals surface area contributed by atoms with Gasteiger partial charge < -0.3 is 19.0 Å². The summed E-state index contributed by atoms with van der Waals surface area (Å²) in [5.41, 5.74) is 5.74. The molecule has 1 fully saturated rings. The van der Waals surface area contributed by atoms with Gasteiger partial charge in [-0.2, -0.15) is 5.26 Å². The minimum atomic E-state index is -0.978. The number of aryl methyl sites for hydroxylation is 3. The molecule has 1 saturated carbocycles. The minimum absolute atomic E-state index is 0.335. The van der Waals surface area contributed by atoms with E-state index < -0.39 is 5.41 Å². The normalized spacial score (nSPS) is 14.3. The summed E-state index contributed by atoms with van der Waals surface area (Å²) in [6.07, 6.45) is 4.41. The SMILES string of the molecule is Cc1ccc(-c2c(C)noc2C)cc1N(CCCC(C)(C=O)C=O)c1ccc(C2(C#N)CC2)cc1. The van der Waals surface area contributed by atoms with Gasteiger partial charge in [-0.25, -0.2) is 0 Å². The number of anilines is 2. The first-order valence-corrected chi connectivity index (χ1v) is 12.0. The summed E-state index contributed by atoms with van der Waals surface area (Å²) >= 11 is 0. The molecule has 1 aliphatic carbocycles. The van der Waals surface area contributed by atoms with E-state index in [4.69, 9.17) is 4.52 Å². The van der Waals surface area contributed by atoms with E-state index in [1.807, 2.05) is 26.0 Å². The van der Waals surface area contributed by atoms with E-state index in [0.29, 0.717) is 19.4 Å². The number of benzene rings is 2. The smallest absolute Gasteiger partial charge is 0.141 e. The van der Waals surface area contributed by atoms with Crippen LogP contribution in [0.2, 0.25) is 0 Å². The Morgan fingerprint density at radius 1 is 1.11 bits per heavy atom. The maximum atomic E-state index is 11.4. The second kappa shape index (κ2) is 9.50. The van der Waals surface area contributed by atoms with Gasteiger partial charge in [0, 0.05) is 23.5 Å². The zero-order chi connectivity index (χ0) is 25.2. The number of rotatable bonds is 10. The second-order valence-electron chi connectivity index (χ2n) is 9.94. The molecule has 0 bridgehead atoms. The van der Waals surface area contributed by atoms with Crippen LogP contribution < -0.4 is 4.90 Å². The zero-order valence-electron chi connectivity index (χ0n) is 20.8. The highest BCUT2D eigenvalue weighted by Gasteiger charge is 2.44. The summed E-state index contributed by atoms with van der Waals surface area (Å²) in [6, 6.07) is 17.0. The van der Waals surface area contributed by atoms with Crippen LogP contribution in [-0.2, 0) is 15.0 Å². The van der Waals surface area contributed by atoms with Crippen LogP contribution in [0.25, 0.3) is 11.1 Å². The molecule has 0 N–H and O–H groups in total. The van der Waals surface area contributed by atoms with Gasteiger partial charge in [0.25, 0.3) is 0 Å². The van der Waals surface area contributed by atoms with Crippen LogP contribution in [-0.4, -0.2) is 24.3 Å². The quantitative estimate of drug-likeness (QED) is 0.262. The predicted molar refractivity (Wildman–Crippen MR) is 136 cm³/mol. The highest BCUT2D eigenvalue weighted by Crippen LogP contribution is 2.48. The first-order chi connectivity index (χ1) is 16.8. The molecule has 1 aliphatic rings. The molecule has 3 aromatic rings. The lowest BCUT2D eigenvalue weighted by molar-refractivity contribution is -0.125. The van der Waals surface area contributed by atoms with Gasteiger partial charge in [-0.15, -0.1) is 0 Å². The van der Waals surface area contributed by atoms with Crippen LogP contribution in [0.3, 0.4) is 0 Å². The summed E-state index contributed by atoms with van der Waals surface area (Å²) < 4.78 is 5.40. The lowest BCUT2D eigenvalue weighted by Gasteiger charge is -2.29. The van der Waals surface area contributed by atoms with E-state index in [2.05, 4.69) is 53.4 Å². The molecule has 0 spiro atoms. The Labute approximate surface area is 206 Å². The molecule has 35 heavy (non-hydrogen) atoms. The maximum Gasteiger partial charge on any atom is 0.141 e. The molecular formula is C29H31N3O3. The number of hydrogen-bond donors (Lipinski definition) is 0. The van der Waals surface area contributed by atoms with Crippen molar-refractivity contribution in [2.75, 3.05) is 11.4 Å². The van der Waals surface area contributed by atoms with Crippen LogP contribution in [0.5, 0.6) is 0 Å². The summed E-state index contributed by atoms with van der Waals surface area (Å²) in [4.78, 5) is 25.1. The lowest BCUT2D eigenvalue weighted by Crippen LogP contribution is -2.24. The van der Waals surface area contributed by atoms with Crippen LogP contribution in [0.15, 0.2) is 47.0 Å². The molecule has 0 aliphatic heterocycles. The number of aldehydes is 2. The van der Waals surface area contributed by atoms with E-state index in [-0.39, 0.29) is 5.41 Å². The molecule has 2 aromatic carbocycles. The molecule has 1 heterocycles. The van der Waals surface area contributed by atoms with Crippen molar-refractivity contribution >= 4 is 23.9 Å². The average Bonchev–Trinajstić information content (AvgIpc) is 3.61. The summed E-state index contributed by atoms with van der Waals surface area (Å²) in [5.74, 6) is 0.771. The van der Waals surface area contributed by atoms with Gasteiger partial charge in [0.2, 0.25) is 0 Å². The fourth-order valence-electron chi connectivity index (χ4n) is 4.65. The molecule has 0 unspecified atom stereocenters. The van der Waals surface area contributed by atoms with Gasteiger partial charge in [-0.3, -0.25) is 0 Å². The van der Waals surface area contributed by atoms with Gasteiger partial charge in [-0.05, 0) is 88.3 Å². The van der Waals surface area contributed by atoms with Gasteiger partial charge in [0.1, 0.15) is 18.3 Å². The topological polar surface area (TPSA) is 87.2 Å². The largest absolute Gasteiger partial charge is 0.361 e. The maximum absolute atomic E-state index is 11.4. The number of carbonyl (C=O) groups is 2. The van der Waals surface area contributed by atoms with Crippen molar-refractivity contribution in [3.63, 3.8) is 0 Å². The van der Waals surface area contributed by atoms with Gasteiger partial charge in [0.05, 0.1) is 22.6 Å². The minimum Gasteiger partial charge on any atom is -0.361 e. The molecule has 0 amide bonds. The number of carbonyl (C=O) groups excluding carboxylic acids is 2. The predicted octanol–water partition coefficient (Wildman–Crippen LogP) is 6.14. The van der Waals surface area contributed by atoms with Crippen LogP contribution in [0.1, 0.15) is 55.2 Å². The van der Waals surface area contributed by atoms with Crippen molar-refractivity contribution < 1.29 is 14.1 Å². The third-order valence-electron chi connectivity index (χ3n) is 7.15. The van der Waals surface area contributed by atoms with E-state index >= 15 is 0 Å². The Morgan fingerprint density at radius 2 is 1.80 bits per heavy atom. The monoisotopic (exact) mass is 469 g/mol. The van der Waals surface area contributed by atoms with E-state index in [0.717, 1.165) is 70.5 Å². The molecule has 180 valence electrons. The lowest BCUT2D eigenvalue weighted by atomic mass is 9.89. The average molecular weight is 470 g/mol. The Bertz CT molecular complexity index is 1250.